The van der Waals surface area contributed by atoms with Crippen molar-refractivity contribution < 1.29 is 4.79 Å². The van der Waals surface area contributed by atoms with Crippen molar-refractivity contribution in [3.8, 4) is 0 Å². The molecule has 0 saturated heterocycles. The third kappa shape index (κ3) is 3.97. The Morgan fingerprint density at radius 2 is 2.05 bits per heavy atom. The number of carbonyl (C=O) groups excluding carboxylic acids is 1. The van der Waals surface area contributed by atoms with E-state index >= 15 is 0 Å². The second kappa shape index (κ2) is 7.46. The Bertz CT molecular complexity index is 471. The molecular formula is C17H27N3O. The molecule has 1 amide bonds. The van der Waals surface area contributed by atoms with Crippen LogP contribution in [0.25, 0.3) is 0 Å². The number of amides is 1. The lowest BCUT2D eigenvalue weighted by Gasteiger charge is -2.30. The maximum atomic E-state index is 12.5. The molecule has 4 heteroatoms. The number of nitrogens with zero attached hydrogens (tertiary/aromatic N) is 1. The molecule has 1 aliphatic heterocycles. The van der Waals surface area contributed by atoms with E-state index in [4.69, 9.17) is 0 Å². The molecule has 0 aromatic heterocycles. The summed E-state index contributed by atoms with van der Waals surface area (Å²) in [7, 11) is 0. The average molecular weight is 289 g/mol. The Balaban J connectivity index is 1.96. The molecule has 2 atom stereocenters. The number of likely N-dealkylation sites (N-methyl/N-ethyl adjacent to an activating group) is 1. The minimum Gasteiger partial charge on any atom is -0.382 e. The van der Waals surface area contributed by atoms with Crippen molar-refractivity contribution in [1.29, 1.82) is 0 Å². The molecule has 1 aromatic carbocycles. The molecule has 1 aromatic rings. The molecule has 0 aliphatic carbocycles. The van der Waals surface area contributed by atoms with Gasteiger partial charge in [0.2, 0.25) is 5.91 Å². The summed E-state index contributed by atoms with van der Waals surface area (Å²) in [6.07, 6.45) is 0.855. The Morgan fingerprint density at radius 1 is 1.33 bits per heavy atom. The van der Waals surface area contributed by atoms with Crippen LogP contribution < -0.4 is 10.6 Å². The molecule has 0 fully saturated rings. The number of nitrogens with one attached hydrogen (secondary N) is 2. The van der Waals surface area contributed by atoms with Crippen molar-refractivity contribution in [2.45, 2.75) is 39.2 Å². The molecule has 116 valence electrons. The second-order valence-corrected chi connectivity index (χ2v) is 5.74. The Labute approximate surface area is 127 Å². The van der Waals surface area contributed by atoms with E-state index in [1.807, 2.05) is 12.1 Å². The van der Waals surface area contributed by atoms with Gasteiger partial charge < -0.3 is 15.5 Å². The smallest absolute Gasteiger partial charge is 0.227 e. The number of para-hydroxylation sites is 1. The third-order valence-corrected chi connectivity index (χ3v) is 4.27. The summed E-state index contributed by atoms with van der Waals surface area (Å²) in [4.78, 5) is 14.8. The van der Waals surface area contributed by atoms with E-state index in [0.29, 0.717) is 6.04 Å². The van der Waals surface area contributed by atoms with Gasteiger partial charge in [0, 0.05) is 24.8 Å². The van der Waals surface area contributed by atoms with Crippen LogP contribution >= 0.6 is 0 Å². The lowest BCUT2D eigenvalue weighted by Crippen LogP contribution is -2.39. The van der Waals surface area contributed by atoms with E-state index in [0.717, 1.165) is 43.9 Å². The van der Waals surface area contributed by atoms with Crippen molar-refractivity contribution in [3.63, 3.8) is 0 Å². The highest BCUT2D eigenvalue weighted by molar-refractivity contribution is 5.86. The molecule has 2 unspecified atom stereocenters. The maximum absolute atomic E-state index is 12.5. The first-order valence-corrected chi connectivity index (χ1v) is 8.01. The van der Waals surface area contributed by atoms with Gasteiger partial charge in [-0.3, -0.25) is 4.79 Å². The average Bonchev–Trinajstić information content (AvgIpc) is 2.50. The zero-order valence-electron chi connectivity index (χ0n) is 13.4. The molecule has 2 N–H and O–H groups in total. The highest BCUT2D eigenvalue weighted by atomic mass is 16.1. The van der Waals surface area contributed by atoms with Gasteiger partial charge in [-0.25, -0.2) is 0 Å². The quantitative estimate of drug-likeness (QED) is 0.845. The fourth-order valence-corrected chi connectivity index (χ4v) is 2.99. The summed E-state index contributed by atoms with van der Waals surface area (Å²) in [5.41, 5.74) is 2.22. The lowest BCUT2D eigenvalue weighted by atomic mass is 9.87. The van der Waals surface area contributed by atoms with Crippen LogP contribution in [-0.2, 0) is 4.79 Å². The van der Waals surface area contributed by atoms with Crippen LogP contribution in [0.1, 0.15) is 38.7 Å². The van der Waals surface area contributed by atoms with Crippen molar-refractivity contribution in [3.05, 3.63) is 29.8 Å². The minimum absolute atomic E-state index is 0.0332. The number of benzene rings is 1. The van der Waals surface area contributed by atoms with Crippen molar-refractivity contribution in [2.75, 3.05) is 31.5 Å². The summed E-state index contributed by atoms with van der Waals surface area (Å²) in [6, 6.07) is 8.47. The monoisotopic (exact) mass is 289 g/mol. The number of hydrogen-bond acceptors (Lipinski definition) is 3. The Morgan fingerprint density at radius 3 is 2.76 bits per heavy atom. The molecule has 0 bridgehead atoms. The van der Waals surface area contributed by atoms with Crippen LogP contribution in [0.5, 0.6) is 0 Å². The van der Waals surface area contributed by atoms with Crippen molar-refractivity contribution in [1.82, 2.24) is 10.2 Å². The van der Waals surface area contributed by atoms with Crippen LogP contribution in [0.4, 0.5) is 5.69 Å². The summed E-state index contributed by atoms with van der Waals surface area (Å²) >= 11 is 0. The van der Waals surface area contributed by atoms with Crippen LogP contribution in [0.15, 0.2) is 24.3 Å². The predicted molar refractivity (Wildman–Crippen MR) is 87.7 cm³/mol. The second-order valence-electron chi connectivity index (χ2n) is 5.74. The fourth-order valence-electron chi connectivity index (χ4n) is 2.99. The topological polar surface area (TPSA) is 44.4 Å². The van der Waals surface area contributed by atoms with Gasteiger partial charge in [0.05, 0.1) is 5.92 Å². The lowest BCUT2D eigenvalue weighted by molar-refractivity contribution is -0.122. The zero-order valence-corrected chi connectivity index (χ0v) is 13.4. The Hall–Kier alpha value is -1.55. The van der Waals surface area contributed by atoms with Crippen LogP contribution in [0.2, 0.25) is 0 Å². The third-order valence-electron chi connectivity index (χ3n) is 4.27. The molecule has 0 radical (unpaired) electrons. The first kappa shape index (κ1) is 15.8. The van der Waals surface area contributed by atoms with E-state index < -0.39 is 0 Å². The van der Waals surface area contributed by atoms with E-state index in [1.54, 1.807) is 0 Å². The number of anilines is 1. The van der Waals surface area contributed by atoms with Gasteiger partial charge in [-0.1, -0.05) is 32.0 Å². The summed E-state index contributed by atoms with van der Waals surface area (Å²) in [5.74, 6) is 0.122. The zero-order chi connectivity index (χ0) is 15.2. The van der Waals surface area contributed by atoms with Crippen LogP contribution in [0, 0.1) is 0 Å². The van der Waals surface area contributed by atoms with E-state index in [2.05, 4.69) is 48.4 Å². The molecule has 4 nitrogen and oxygen atoms in total. The molecule has 21 heavy (non-hydrogen) atoms. The van der Waals surface area contributed by atoms with Crippen LogP contribution in [0.3, 0.4) is 0 Å². The van der Waals surface area contributed by atoms with Crippen molar-refractivity contribution >= 4 is 11.6 Å². The van der Waals surface area contributed by atoms with E-state index in [-0.39, 0.29) is 11.8 Å². The minimum atomic E-state index is -0.0332. The molecule has 2 rings (SSSR count). The van der Waals surface area contributed by atoms with Gasteiger partial charge in [-0.15, -0.1) is 0 Å². The SMILES string of the molecule is CCN(CC)CCNC(=O)C1CC(C)Nc2ccccc21. The molecule has 0 spiro atoms. The van der Waals surface area contributed by atoms with Gasteiger partial charge in [-0.05, 0) is 38.1 Å². The molecule has 1 heterocycles. The molecule has 1 aliphatic rings. The largest absolute Gasteiger partial charge is 0.382 e. The number of hydrogen-bond donors (Lipinski definition) is 2. The highest BCUT2D eigenvalue weighted by Gasteiger charge is 2.29. The maximum Gasteiger partial charge on any atom is 0.227 e. The van der Waals surface area contributed by atoms with Gasteiger partial charge in [0.1, 0.15) is 0 Å². The predicted octanol–water partition coefficient (Wildman–Crippen LogP) is 2.43. The van der Waals surface area contributed by atoms with Crippen LogP contribution in [-0.4, -0.2) is 43.0 Å². The Kier molecular flexibility index (Phi) is 5.62. The van der Waals surface area contributed by atoms with Gasteiger partial charge >= 0.3 is 0 Å². The number of carbonyl (C=O) groups is 1. The van der Waals surface area contributed by atoms with Crippen molar-refractivity contribution in [2.24, 2.45) is 0 Å². The van der Waals surface area contributed by atoms with Gasteiger partial charge in [0.25, 0.3) is 0 Å². The number of fused-ring (bicyclic) bond motifs is 1. The van der Waals surface area contributed by atoms with E-state index in [9.17, 15) is 4.79 Å². The summed E-state index contributed by atoms with van der Waals surface area (Å²) < 4.78 is 0. The molecular weight excluding hydrogens is 262 g/mol. The summed E-state index contributed by atoms with van der Waals surface area (Å²) in [5, 5.41) is 6.55. The van der Waals surface area contributed by atoms with Gasteiger partial charge in [0.15, 0.2) is 0 Å². The number of rotatable bonds is 6. The van der Waals surface area contributed by atoms with Gasteiger partial charge in [-0.2, -0.15) is 0 Å². The standard InChI is InChI=1S/C17H27N3O/c1-4-20(5-2)11-10-18-17(21)15-12-13(3)19-16-9-7-6-8-14(15)16/h6-9,13,15,19H,4-5,10-12H2,1-3H3,(H,18,21). The molecule has 0 saturated carbocycles. The highest BCUT2D eigenvalue weighted by Crippen LogP contribution is 2.33. The summed E-state index contributed by atoms with van der Waals surface area (Å²) in [6.45, 7) is 10.1. The normalized spacial score (nSPS) is 20.8. The van der Waals surface area contributed by atoms with E-state index in [1.165, 1.54) is 0 Å². The fraction of sp³-hybridized carbons (Fsp3) is 0.588. The first-order chi connectivity index (χ1) is 10.2. The first-order valence-electron chi connectivity index (χ1n) is 8.01.